The highest BCUT2D eigenvalue weighted by atomic mass is 16.4. The lowest BCUT2D eigenvalue weighted by Gasteiger charge is -2.27. The van der Waals surface area contributed by atoms with Gasteiger partial charge in [-0.3, -0.25) is 0 Å². The highest BCUT2D eigenvalue weighted by Crippen LogP contribution is 2.34. The van der Waals surface area contributed by atoms with Crippen LogP contribution >= 0.6 is 0 Å². The fraction of sp³-hybridized carbons (Fsp3) is 0.357. The maximum atomic E-state index is 9.65. The first-order valence-corrected chi connectivity index (χ1v) is 14.6. The van der Waals surface area contributed by atoms with Crippen LogP contribution in [0, 0.1) is 0 Å². The normalized spacial score (nSPS) is 16.4. The number of carbonyl (C=O) groups is 2. The summed E-state index contributed by atoms with van der Waals surface area (Å²) in [7, 11) is 3.52. The third kappa shape index (κ3) is 9.26. The zero-order chi connectivity index (χ0) is 34.8. The molecule has 0 saturated heterocycles. The molecule has 0 fully saturated rings. The van der Waals surface area contributed by atoms with Crippen molar-refractivity contribution in [1.82, 2.24) is 51.0 Å². The fourth-order valence-electron chi connectivity index (χ4n) is 4.99. The summed E-state index contributed by atoms with van der Waals surface area (Å²) in [5, 5.41) is 89.5. The molecule has 0 spiro atoms. The Hall–Kier alpha value is -6.02. The Labute approximate surface area is 272 Å². The summed E-state index contributed by atoms with van der Waals surface area (Å²) >= 11 is 0. The largest absolute Gasteiger partial charge is 0.504 e. The van der Waals surface area contributed by atoms with Gasteiger partial charge in [-0.2, -0.15) is 0 Å². The number of hydrogen-bond donors (Lipinski definition) is 10. The minimum atomic E-state index is -1.26. The molecule has 2 unspecified atom stereocenters. The molecule has 0 saturated carbocycles. The molecule has 0 bridgehead atoms. The average molecular weight is 669 g/mol. The highest BCUT2D eigenvalue weighted by molar-refractivity contribution is 5.89. The minimum Gasteiger partial charge on any atom is -0.504 e. The Morgan fingerprint density at radius 1 is 0.729 bits per heavy atom. The Morgan fingerprint density at radius 3 is 1.44 bits per heavy atom. The van der Waals surface area contributed by atoms with E-state index in [1.165, 1.54) is 0 Å². The second-order valence-corrected chi connectivity index (χ2v) is 10.6. The number of tetrazole rings is 2. The second kappa shape index (κ2) is 16.0. The number of phenols is 4. The summed E-state index contributed by atoms with van der Waals surface area (Å²) in [4.78, 5) is 19.1. The number of benzene rings is 2. The van der Waals surface area contributed by atoms with Crippen molar-refractivity contribution < 1.29 is 40.2 Å². The first kappa shape index (κ1) is 34.8. The van der Waals surface area contributed by atoms with Crippen molar-refractivity contribution in [2.24, 2.45) is 14.1 Å². The van der Waals surface area contributed by atoms with Gasteiger partial charge in [0.05, 0.1) is 12.1 Å². The first-order valence-electron chi connectivity index (χ1n) is 14.6. The maximum absolute atomic E-state index is 9.65. The van der Waals surface area contributed by atoms with Crippen LogP contribution in [0.2, 0.25) is 0 Å². The van der Waals surface area contributed by atoms with E-state index in [-0.39, 0.29) is 35.1 Å². The Morgan fingerprint density at radius 2 is 1.10 bits per heavy atom. The molecule has 2 atom stereocenters. The molecule has 2 aliphatic heterocycles. The number of carboxylic acids is 2. The number of aromatic hydroxyl groups is 4. The zero-order valence-corrected chi connectivity index (χ0v) is 25.9. The van der Waals surface area contributed by atoms with E-state index in [1.807, 2.05) is 0 Å². The molecule has 48 heavy (non-hydrogen) atoms. The lowest BCUT2D eigenvalue weighted by Crippen LogP contribution is -2.34. The molecule has 6 rings (SSSR count). The molecule has 20 nitrogen and oxygen atoms in total. The van der Waals surface area contributed by atoms with Gasteiger partial charge in [0.15, 0.2) is 23.0 Å². The van der Waals surface area contributed by atoms with Crippen molar-refractivity contribution in [2.75, 3.05) is 36.8 Å². The number of aliphatic carboxylic acids is 2. The number of nitrogens with zero attached hydrogens (tertiary/aromatic N) is 8. The molecule has 4 aromatic rings. The van der Waals surface area contributed by atoms with Gasteiger partial charge in [0.2, 0.25) is 11.9 Å². The van der Waals surface area contributed by atoms with Gasteiger partial charge in [0, 0.05) is 39.3 Å². The number of hydrogen-bond acceptors (Lipinski definition) is 16. The molecule has 0 radical (unpaired) electrons. The van der Waals surface area contributed by atoms with E-state index in [2.05, 4.69) is 52.3 Å². The summed E-state index contributed by atoms with van der Waals surface area (Å²) in [6, 6.07) is 6.53. The molecule has 0 aliphatic carbocycles. The quantitative estimate of drug-likeness (QED) is 0.0840. The average Bonchev–Trinajstić information content (AvgIpc) is 3.66. The molecule has 0 amide bonds. The van der Waals surface area contributed by atoms with Crippen LogP contribution in [0.25, 0.3) is 0 Å². The lowest BCUT2D eigenvalue weighted by molar-refractivity contribution is -0.134. The summed E-state index contributed by atoms with van der Waals surface area (Å²) in [6.45, 7) is 2.82. The lowest BCUT2D eigenvalue weighted by atomic mass is 9.93. The van der Waals surface area contributed by atoms with Crippen molar-refractivity contribution >= 4 is 23.8 Å². The second-order valence-electron chi connectivity index (χ2n) is 10.6. The van der Waals surface area contributed by atoms with Crippen molar-refractivity contribution in [3.63, 3.8) is 0 Å². The van der Waals surface area contributed by atoms with Gasteiger partial charge in [-0.05, 0) is 93.3 Å². The van der Waals surface area contributed by atoms with E-state index in [1.54, 1.807) is 47.7 Å². The molecule has 256 valence electrons. The predicted octanol–water partition coefficient (Wildman–Crippen LogP) is -0.448. The number of carboxylic acid groups (broad SMARTS) is 2. The van der Waals surface area contributed by atoms with Crippen LogP contribution in [0.3, 0.4) is 0 Å². The van der Waals surface area contributed by atoms with Crippen LogP contribution in [0.15, 0.2) is 36.4 Å². The monoisotopic (exact) mass is 668 g/mol. The number of aromatic nitrogens is 8. The van der Waals surface area contributed by atoms with Gasteiger partial charge >= 0.3 is 11.9 Å². The standard InChI is InChI=1S/2C12H16N6O2.C4H4O4/c2*1-18-12(15-16-17-18)14-6-9-8-5-11(20)10(19)4-7(8)2-3-13-9;5-3(6)1-2-4(7)8/h2*4-5,9,13,19-20H,2-3,6H2,1H3,(H,14,15,17);1-2H,(H,5,6)(H,7,8)/b;;2-1+. The Balaban J connectivity index is 0.000000178. The van der Waals surface area contributed by atoms with Crippen LogP contribution in [-0.4, -0.2) is 109 Å². The van der Waals surface area contributed by atoms with Crippen LogP contribution in [0.4, 0.5) is 11.9 Å². The third-order valence-electron chi connectivity index (χ3n) is 7.33. The topological polar surface area (TPSA) is 291 Å². The van der Waals surface area contributed by atoms with E-state index in [9.17, 15) is 30.0 Å². The summed E-state index contributed by atoms with van der Waals surface area (Å²) in [6.07, 6.45) is 2.76. The van der Waals surface area contributed by atoms with Crippen molar-refractivity contribution in [3.8, 4) is 23.0 Å². The molecule has 2 aromatic heterocycles. The number of nitrogens with one attached hydrogen (secondary N) is 4. The van der Waals surface area contributed by atoms with Crippen LogP contribution < -0.4 is 21.3 Å². The van der Waals surface area contributed by atoms with Gasteiger partial charge < -0.3 is 51.9 Å². The van der Waals surface area contributed by atoms with E-state index < -0.39 is 11.9 Å². The molecule has 20 heteroatoms. The van der Waals surface area contributed by atoms with Crippen molar-refractivity contribution in [1.29, 1.82) is 0 Å². The predicted molar refractivity (Wildman–Crippen MR) is 167 cm³/mol. The molecule has 2 aromatic carbocycles. The summed E-state index contributed by atoms with van der Waals surface area (Å²) in [5.41, 5.74) is 4.05. The van der Waals surface area contributed by atoms with E-state index >= 15 is 0 Å². The van der Waals surface area contributed by atoms with Gasteiger partial charge in [0.1, 0.15) is 0 Å². The number of rotatable bonds is 8. The maximum Gasteiger partial charge on any atom is 0.328 e. The van der Waals surface area contributed by atoms with Gasteiger partial charge in [-0.1, -0.05) is 10.2 Å². The highest BCUT2D eigenvalue weighted by Gasteiger charge is 2.23. The third-order valence-corrected chi connectivity index (χ3v) is 7.33. The Bertz CT molecular complexity index is 1630. The van der Waals surface area contributed by atoms with Gasteiger partial charge in [0.25, 0.3) is 0 Å². The van der Waals surface area contributed by atoms with Crippen LogP contribution in [0.5, 0.6) is 23.0 Å². The van der Waals surface area contributed by atoms with E-state index in [0.717, 1.165) is 48.2 Å². The minimum absolute atomic E-state index is 0.0296. The number of fused-ring (bicyclic) bond motifs is 2. The number of phenolic OH excluding ortho intramolecular Hbond substituents is 4. The van der Waals surface area contributed by atoms with Crippen LogP contribution in [0.1, 0.15) is 34.3 Å². The summed E-state index contributed by atoms with van der Waals surface area (Å²) in [5.74, 6) is -1.69. The number of anilines is 2. The van der Waals surface area contributed by atoms with Gasteiger partial charge in [-0.15, -0.1) is 0 Å². The zero-order valence-electron chi connectivity index (χ0n) is 25.9. The first-order chi connectivity index (χ1) is 22.9. The SMILES string of the molecule is Cn1nnnc1NCC1NCCc2cc(O)c(O)cc21.Cn1nnnc1NCC1NCCc2cc(O)c(O)cc21.O=C(O)/C=C/C(=O)O. The molecular formula is C28H36N12O8. The Kier molecular flexibility index (Phi) is 11.6. The number of aryl methyl sites for hydroxylation is 2. The molecular weight excluding hydrogens is 632 g/mol. The molecule has 2 aliphatic rings. The van der Waals surface area contributed by atoms with Crippen molar-refractivity contribution in [2.45, 2.75) is 24.9 Å². The smallest absolute Gasteiger partial charge is 0.328 e. The molecule has 10 N–H and O–H groups in total. The van der Waals surface area contributed by atoms with Crippen LogP contribution in [-0.2, 0) is 36.5 Å². The van der Waals surface area contributed by atoms with E-state index in [0.29, 0.717) is 37.1 Å². The van der Waals surface area contributed by atoms with Crippen molar-refractivity contribution in [3.05, 3.63) is 58.7 Å². The van der Waals surface area contributed by atoms with E-state index in [4.69, 9.17) is 10.2 Å². The van der Waals surface area contributed by atoms with Gasteiger partial charge in [-0.25, -0.2) is 19.0 Å². The molecule has 4 heterocycles. The summed E-state index contributed by atoms with van der Waals surface area (Å²) < 4.78 is 3.11. The fourth-order valence-corrected chi connectivity index (χ4v) is 4.99.